The van der Waals surface area contributed by atoms with Crippen molar-refractivity contribution in [1.82, 2.24) is 10.6 Å². The first kappa shape index (κ1) is 7.56. The highest BCUT2D eigenvalue weighted by atomic mass is 15.1. The lowest BCUT2D eigenvalue weighted by atomic mass is 9.89. The van der Waals surface area contributed by atoms with Gasteiger partial charge in [-0.15, -0.1) is 0 Å². The monoisotopic (exact) mass is 154 g/mol. The molecule has 0 amide bonds. The topological polar surface area (TPSA) is 24.1 Å². The molecule has 2 nitrogen and oxygen atoms in total. The molecular weight excluding hydrogens is 136 g/mol. The van der Waals surface area contributed by atoms with Crippen molar-refractivity contribution in [3.05, 3.63) is 0 Å². The van der Waals surface area contributed by atoms with Gasteiger partial charge in [0.25, 0.3) is 0 Å². The Bertz CT molecular complexity index is 144. The fraction of sp³-hybridized carbons (Fsp3) is 1.00. The summed E-state index contributed by atoms with van der Waals surface area (Å²) in [5, 5.41) is 7.13. The first-order valence-electron chi connectivity index (χ1n) is 4.74. The summed E-state index contributed by atoms with van der Waals surface area (Å²) in [6.45, 7) is 7.04. The normalized spacial score (nSPS) is 43.4. The average molecular weight is 154 g/mol. The molecule has 2 aliphatic heterocycles. The van der Waals surface area contributed by atoms with Crippen molar-refractivity contribution in [1.29, 1.82) is 0 Å². The minimum Gasteiger partial charge on any atom is -0.314 e. The van der Waals surface area contributed by atoms with Crippen molar-refractivity contribution in [2.24, 2.45) is 11.8 Å². The van der Waals surface area contributed by atoms with Gasteiger partial charge in [-0.25, -0.2) is 0 Å². The summed E-state index contributed by atoms with van der Waals surface area (Å²) in [5.41, 5.74) is 0. The van der Waals surface area contributed by atoms with E-state index in [-0.39, 0.29) is 0 Å². The summed E-state index contributed by atoms with van der Waals surface area (Å²) in [7, 11) is 0. The van der Waals surface area contributed by atoms with Gasteiger partial charge in [0.15, 0.2) is 0 Å². The maximum atomic E-state index is 3.66. The minimum atomic E-state index is 0.758. The van der Waals surface area contributed by atoms with E-state index in [1.54, 1.807) is 0 Å². The van der Waals surface area contributed by atoms with Crippen molar-refractivity contribution >= 4 is 0 Å². The van der Waals surface area contributed by atoms with Crippen molar-refractivity contribution < 1.29 is 0 Å². The molecule has 11 heavy (non-hydrogen) atoms. The molecule has 2 bridgehead atoms. The van der Waals surface area contributed by atoms with E-state index in [0.29, 0.717) is 0 Å². The first-order valence-corrected chi connectivity index (χ1v) is 4.74. The molecule has 3 unspecified atom stereocenters. The van der Waals surface area contributed by atoms with E-state index >= 15 is 0 Å². The molecule has 0 aromatic rings. The standard InChI is InChI=1S/C9H18N2/c1-6(2)8-3-7-4-10-5-9(8)11-7/h6-11H,3-5H2,1-2H3. The van der Waals surface area contributed by atoms with Crippen LogP contribution in [0.15, 0.2) is 0 Å². The minimum absolute atomic E-state index is 0.758. The number of piperazine rings is 1. The van der Waals surface area contributed by atoms with E-state index in [9.17, 15) is 0 Å². The Labute approximate surface area is 68.7 Å². The third kappa shape index (κ3) is 1.30. The van der Waals surface area contributed by atoms with Crippen molar-refractivity contribution in [3.8, 4) is 0 Å². The highest BCUT2D eigenvalue weighted by Gasteiger charge is 2.37. The molecule has 2 aliphatic rings. The van der Waals surface area contributed by atoms with Gasteiger partial charge in [-0.1, -0.05) is 13.8 Å². The molecule has 2 rings (SSSR count). The second kappa shape index (κ2) is 2.76. The van der Waals surface area contributed by atoms with Gasteiger partial charge in [-0.05, 0) is 18.3 Å². The van der Waals surface area contributed by atoms with Crippen LogP contribution < -0.4 is 10.6 Å². The zero-order chi connectivity index (χ0) is 7.84. The van der Waals surface area contributed by atoms with Crippen LogP contribution in [0.25, 0.3) is 0 Å². The fourth-order valence-electron chi connectivity index (χ4n) is 2.49. The molecule has 2 saturated heterocycles. The number of hydrogen-bond donors (Lipinski definition) is 2. The van der Waals surface area contributed by atoms with Crippen molar-refractivity contribution in [3.63, 3.8) is 0 Å². The smallest absolute Gasteiger partial charge is 0.0226 e. The molecule has 0 radical (unpaired) electrons. The SMILES string of the molecule is CC(C)C1CC2CNCC1N2. The summed E-state index contributed by atoms with van der Waals surface area (Å²) in [5.74, 6) is 1.76. The Kier molecular flexibility index (Phi) is 1.90. The van der Waals surface area contributed by atoms with Crippen LogP contribution in [0.1, 0.15) is 20.3 Å². The van der Waals surface area contributed by atoms with Gasteiger partial charge in [0, 0.05) is 25.2 Å². The van der Waals surface area contributed by atoms with E-state index < -0.39 is 0 Å². The fourth-order valence-corrected chi connectivity index (χ4v) is 2.49. The van der Waals surface area contributed by atoms with Crippen LogP contribution >= 0.6 is 0 Å². The summed E-state index contributed by atoms with van der Waals surface area (Å²) >= 11 is 0. The zero-order valence-corrected chi connectivity index (χ0v) is 7.43. The lowest BCUT2D eigenvalue weighted by Gasteiger charge is -2.25. The van der Waals surface area contributed by atoms with E-state index in [2.05, 4.69) is 24.5 Å². The predicted molar refractivity (Wildman–Crippen MR) is 46.5 cm³/mol. The van der Waals surface area contributed by atoms with E-state index in [0.717, 1.165) is 23.9 Å². The number of hydrogen-bond acceptors (Lipinski definition) is 2. The summed E-state index contributed by atoms with van der Waals surface area (Å²) in [4.78, 5) is 0. The molecule has 0 aromatic heterocycles. The number of rotatable bonds is 1. The van der Waals surface area contributed by atoms with E-state index in [4.69, 9.17) is 0 Å². The van der Waals surface area contributed by atoms with Gasteiger partial charge in [0.1, 0.15) is 0 Å². The van der Waals surface area contributed by atoms with Crippen molar-refractivity contribution in [2.45, 2.75) is 32.4 Å². The van der Waals surface area contributed by atoms with E-state index in [1.165, 1.54) is 19.5 Å². The molecule has 0 saturated carbocycles. The molecule has 2 fully saturated rings. The van der Waals surface area contributed by atoms with Gasteiger partial charge in [-0.2, -0.15) is 0 Å². The maximum absolute atomic E-state index is 3.66. The van der Waals surface area contributed by atoms with Crippen molar-refractivity contribution in [2.75, 3.05) is 13.1 Å². The number of fused-ring (bicyclic) bond motifs is 2. The molecule has 2 heteroatoms. The average Bonchev–Trinajstić information content (AvgIpc) is 2.27. The molecule has 64 valence electrons. The summed E-state index contributed by atoms with van der Waals surface area (Å²) in [6, 6.07) is 1.52. The van der Waals surface area contributed by atoms with Gasteiger partial charge in [0.05, 0.1) is 0 Å². The maximum Gasteiger partial charge on any atom is 0.0226 e. The van der Waals surface area contributed by atoms with Crippen LogP contribution in [0.2, 0.25) is 0 Å². The molecule has 2 heterocycles. The van der Waals surface area contributed by atoms with Crippen LogP contribution in [0.3, 0.4) is 0 Å². The molecule has 0 spiro atoms. The lowest BCUT2D eigenvalue weighted by Crippen LogP contribution is -2.50. The van der Waals surface area contributed by atoms with Crippen LogP contribution in [0.5, 0.6) is 0 Å². The first-order chi connectivity index (χ1) is 5.27. The highest BCUT2D eigenvalue weighted by Crippen LogP contribution is 2.28. The van der Waals surface area contributed by atoms with Crippen LogP contribution in [0.4, 0.5) is 0 Å². The lowest BCUT2D eigenvalue weighted by molar-refractivity contribution is 0.330. The zero-order valence-electron chi connectivity index (χ0n) is 7.43. The van der Waals surface area contributed by atoms with E-state index in [1.807, 2.05) is 0 Å². The second-order valence-corrected chi connectivity index (χ2v) is 4.27. The molecular formula is C9H18N2. The summed E-state index contributed by atoms with van der Waals surface area (Å²) < 4.78 is 0. The Morgan fingerprint density at radius 3 is 2.73 bits per heavy atom. The highest BCUT2D eigenvalue weighted by molar-refractivity contribution is 4.97. The second-order valence-electron chi connectivity index (χ2n) is 4.27. The Hall–Kier alpha value is -0.0800. The van der Waals surface area contributed by atoms with Gasteiger partial charge >= 0.3 is 0 Å². The molecule has 3 atom stereocenters. The molecule has 2 N–H and O–H groups in total. The van der Waals surface area contributed by atoms with Gasteiger partial charge < -0.3 is 10.6 Å². The number of nitrogens with one attached hydrogen (secondary N) is 2. The van der Waals surface area contributed by atoms with Crippen LogP contribution in [0, 0.1) is 11.8 Å². The predicted octanol–water partition coefficient (Wildman–Crippen LogP) is 0.592. The third-order valence-corrected chi connectivity index (χ3v) is 3.13. The van der Waals surface area contributed by atoms with Crippen LogP contribution in [-0.4, -0.2) is 25.2 Å². The van der Waals surface area contributed by atoms with Crippen LogP contribution in [-0.2, 0) is 0 Å². The van der Waals surface area contributed by atoms with Gasteiger partial charge in [-0.3, -0.25) is 0 Å². The molecule has 0 aliphatic carbocycles. The third-order valence-electron chi connectivity index (χ3n) is 3.13. The largest absolute Gasteiger partial charge is 0.314 e. The molecule has 0 aromatic carbocycles. The quantitative estimate of drug-likeness (QED) is 0.577. The Morgan fingerprint density at radius 2 is 2.09 bits per heavy atom. The van der Waals surface area contributed by atoms with Gasteiger partial charge in [0.2, 0.25) is 0 Å². The summed E-state index contributed by atoms with van der Waals surface area (Å²) in [6.07, 6.45) is 1.38. The Balaban J connectivity index is 2.03. The Morgan fingerprint density at radius 1 is 1.27 bits per heavy atom.